The van der Waals surface area contributed by atoms with E-state index in [0.717, 1.165) is 0 Å². The number of sulfonamides is 1. The molecule has 3 N–H and O–H groups in total. The number of carbonyl (C=O) groups excluding carboxylic acids is 2. The number of para-hydroxylation sites is 1. The molecular weight excluding hydrogens is 424 g/mol. The van der Waals surface area contributed by atoms with E-state index in [1.165, 1.54) is 36.4 Å². The van der Waals surface area contributed by atoms with Gasteiger partial charge in [0.25, 0.3) is 5.91 Å². The van der Waals surface area contributed by atoms with E-state index in [-0.39, 0.29) is 47.2 Å². The van der Waals surface area contributed by atoms with E-state index < -0.39 is 27.9 Å². The van der Waals surface area contributed by atoms with Crippen molar-refractivity contribution in [2.24, 2.45) is 0 Å². The maximum atomic E-state index is 12.5. The number of carbonyl (C=O) groups is 3. The fraction of sp³-hybridized carbons (Fsp3) is 0.286. The van der Waals surface area contributed by atoms with Crippen LogP contribution in [-0.4, -0.2) is 44.0 Å². The van der Waals surface area contributed by atoms with E-state index in [0.29, 0.717) is 0 Å². The second-order valence-corrected chi connectivity index (χ2v) is 8.65. The third-order valence-corrected chi connectivity index (χ3v) is 5.65. The number of hydrogen-bond acceptors (Lipinski definition) is 6. The third-order valence-electron chi connectivity index (χ3n) is 3.98. The maximum absolute atomic E-state index is 12.5. The molecule has 0 saturated carbocycles. The Hall–Kier alpha value is -3.24. The highest BCUT2D eigenvalue weighted by Crippen LogP contribution is 2.20. The van der Waals surface area contributed by atoms with Gasteiger partial charge in [0.1, 0.15) is 5.75 Å². The summed E-state index contributed by atoms with van der Waals surface area (Å²) in [5.74, 6) is -2.19. The van der Waals surface area contributed by atoms with E-state index in [2.05, 4.69) is 10.0 Å². The summed E-state index contributed by atoms with van der Waals surface area (Å²) in [6.07, 6.45) is 0.194. The lowest BCUT2D eigenvalue weighted by Gasteiger charge is -2.11. The number of esters is 1. The number of ether oxygens (including phenoxy) is 1. The molecule has 0 aliphatic rings. The zero-order valence-corrected chi connectivity index (χ0v) is 17.9. The fourth-order valence-corrected chi connectivity index (χ4v) is 3.84. The van der Waals surface area contributed by atoms with E-state index in [1.807, 2.05) is 0 Å². The summed E-state index contributed by atoms with van der Waals surface area (Å²) < 4.78 is 32.1. The smallest absolute Gasteiger partial charge is 0.343 e. The van der Waals surface area contributed by atoms with Gasteiger partial charge in [-0.1, -0.05) is 12.1 Å². The Morgan fingerprint density at radius 2 is 1.68 bits per heavy atom. The lowest BCUT2D eigenvalue weighted by molar-refractivity contribution is -0.137. The average molecular weight is 448 g/mol. The molecule has 0 radical (unpaired) electrons. The van der Waals surface area contributed by atoms with Crippen molar-refractivity contribution in [3.05, 3.63) is 59.7 Å². The second-order valence-electron chi connectivity index (χ2n) is 6.94. The molecule has 0 unspecified atom stereocenters. The predicted molar refractivity (Wildman–Crippen MR) is 113 cm³/mol. The summed E-state index contributed by atoms with van der Waals surface area (Å²) in [7, 11) is -3.69. The first-order valence-corrected chi connectivity index (χ1v) is 11.0. The molecule has 0 saturated heterocycles. The first kappa shape index (κ1) is 24.0. The van der Waals surface area contributed by atoms with Gasteiger partial charge in [-0.15, -0.1) is 0 Å². The van der Waals surface area contributed by atoms with Crippen LogP contribution in [0.15, 0.2) is 53.4 Å². The molecule has 0 aliphatic heterocycles. The minimum Gasteiger partial charge on any atom is -0.481 e. The molecule has 2 aromatic carbocycles. The molecular formula is C21H24N2O7S. The molecule has 2 aromatic rings. The number of amides is 1. The van der Waals surface area contributed by atoms with Crippen LogP contribution in [0.5, 0.6) is 5.75 Å². The minimum atomic E-state index is -3.69. The van der Waals surface area contributed by atoms with Crippen molar-refractivity contribution >= 4 is 27.9 Å². The van der Waals surface area contributed by atoms with Crippen LogP contribution in [-0.2, 0) is 14.8 Å². The normalized spacial score (nSPS) is 11.2. The van der Waals surface area contributed by atoms with E-state index in [1.54, 1.807) is 26.0 Å². The highest BCUT2D eigenvalue weighted by molar-refractivity contribution is 7.89. The van der Waals surface area contributed by atoms with Crippen molar-refractivity contribution in [3.8, 4) is 5.75 Å². The van der Waals surface area contributed by atoms with Crippen molar-refractivity contribution in [3.63, 3.8) is 0 Å². The SMILES string of the molecule is CC(C)NS(=O)(=O)c1ccc(C(=O)Oc2ccccc2C(=O)NCCCC(=O)O)cc1. The van der Waals surface area contributed by atoms with Gasteiger partial charge in [0.05, 0.1) is 16.0 Å². The van der Waals surface area contributed by atoms with E-state index in [9.17, 15) is 22.8 Å². The quantitative estimate of drug-likeness (QED) is 0.288. The number of aliphatic carboxylic acids is 1. The first-order chi connectivity index (χ1) is 14.6. The summed E-state index contributed by atoms with van der Waals surface area (Å²) in [5, 5.41) is 11.2. The Bertz CT molecular complexity index is 1050. The highest BCUT2D eigenvalue weighted by Gasteiger charge is 2.18. The van der Waals surface area contributed by atoms with Gasteiger partial charge in [0, 0.05) is 19.0 Å². The van der Waals surface area contributed by atoms with Crippen LogP contribution < -0.4 is 14.8 Å². The first-order valence-electron chi connectivity index (χ1n) is 9.54. The van der Waals surface area contributed by atoms with Crippen LogP contribution in [0, 0.1) is 0 Å². The van der Waals surface area contributed by atoms with Gasteiger partial charge < -0.3 is 15.2 Å². The predicted octanol–water partition coefficient (Wildman–Crippen LogP) is 2.19. The van der Waals surface area contributed by atoms with Gasteiger partial charge in [-0.05, 0) is 56.7 Å². The Labute approximate surface area is 180 Å². The maximum Gasteiger partial charge on any atom is 0.343 e. The third kappa shape index (κ3) is 7.19. The number of carboxylic acid groups (broad SMARTS) is 1. The summed E-state index contributed by atoms with van der Waals surface area (Å²) >= 11 is 0. The van der Waals surface area contributed by atoms with Gasteiger partial charge >= 0.3 is 11.9 Å². The molecule has 0 aromatic heterocycles. The molecule has 1 amide bonds. The van der Waals surface area contributed by atoms with Crippen LogP contribution >= 0.6 is 0 Å². The van der Waals surface area contributed by atoms with Gasteiger partial charge in [0.15, 0.2) is 0 Å². The second kappa shape index (κ2) is 10.7. The van der Waals surface area contributed by atoms with Crippen molar-refractivity contribution in [1.29, 1.82) is 0 Å². The van der Waals surface area contributed by atoms with Crippen molar-refractivity contribution < 1.29 is 32.6 Å². The highest BCUT2D eigenvalue weighted by atomic mass is 32.2. The number of benzene rings is 2. The summed E-state index contributed by atoms with van der Waals surface area (Å²) in [4.78, 5) is 35.4. The molecule has 0 fully saturated rings. The molecule has 0 spiro atoms. The zero-order chi connectivity index (χ0) is 23.0. The number of carboxylic acids is 1. The van der Waals surface area contributed by atoms with Crippen molar-refractivity contribution in [2.45, 2.75) is 37.6 Å². The average Bonchev–Trinajstić information content (AvgIpc) is 2.70. The molecule has 9 nitrogen and oxygen atoms in total. The van der Waals surface area contributed by atoms with E-state index in [4.69, 9.17) is 9.84 Å². The van der Waals surface area contributed by atoms with Crippen LogP contribution in [0.2, 0.25) is 0 Å². The fourth-order valence-electron chi connectivity index (χ4n) is 2.59. The number of hydrogen-bond donors (Lipinski definition) is 3. The summed E-state index contributed by atoms with van der Waals surface area (Å²) in [5.41, 5.74) is 0.228. The molecule has 0 aliphatic carbocycles. The van der Waals surface area contributed by atoms with Crippen LogP contribution in [0.25, 0.3) is 0 Å². The van der Waals surface area contributed by atoms with Gasteiger partial charge in [-0.25, -0.2) is 17.9 Å². The van der Waals surface area contributed by atoms with E-state index >= 15 is 0 Å². The summed E-state index contributed by atoms with van der Waals surface area (Å²) in [6.45, 7) is 3.56. The van der Waals surface area contributed by atoms with Crippen molar-refractivity contribution in [2.75, 3.05) is 6.54 Å². The zero-order valence-electron chi connectivity index (χ0n) is 17.1. The topological polar surface area (TPSA) is 139 Å². The van der Waals surface area contributed by atoms with Crippen LogP contribution in [0.3, 0.4) is 0 Å². The minimum absolute atomic E-state index is 0.0129. The Morgan fingerprint density at radius 1 is 1.03 bits per heavy atom. The lowest BCUT2D eigenvalue weighted by Crippen LogP contribution is -2.30. The van der Waals surface area contributed by atoms with Crippen LogP contribution in [0.1, 0.15) is 47.4 Å². The van der Waals surface area contributed by atoms with Crippen LogP contribution in [0.4, 0.5) is 0 Å². The Balaban J connectivity index is 2.09. The molecule has 166 valence electrons. The standard InChI is InChI=1S/C21H24N2O7S/c1-14(2)23-31(28,29)16-11-9-15(10-12-16)21(27)30-18-7-4-3-6-17(18)20(26)22-13-5-8-19(24)25/h3-4,6-7,9-12,14,23H,5,8,13H2,1-2H3,(H,22,26)(H,24,25). The molecule has 31 heavy (non-hydrogen) atoms. The van der Waals surface area contributed by atoms with Gasteiger partial charge in [-0.2, -0.15) is 0 Å². The monoisotopic (exact) mass is 448 g/mol. The number of nitrogens with one attached hydrogen (secondary N) is 2. The largest absolute Gasteiger partial charge is 0.481 e. The molecule has 10 heteroatoms. The summed E-state index contributed by atoms with van der Waals surface area (Å²) in [6, 6.07) is 11.1. The molecule has 2 rings (SSSR count). The number of rotatable bonds is 10. The van der Waals surface area contributed by atoms with Gasteiger partial charge in [0.2, 0.25) is 10.0 Å². The Kier molecular flexibility index (Phi) is 8.29. The Morgan fingerprint density at radius 3 is 2.29 bits per heavy atom. The molecule has 0 heterocycles. The van der Waals surface area contributed by atoms with Crippen molar-refractivity contribution in [1.82, 2.24) is 10.0 Å². The molecule has 0 bridgehead atoms. The van der Waals surface area contributed by atoms with Gasteiger partial charge in [-0.3, -0.25) is 9.59 Å². The molecule has 0 atom stereocenters. The lowest BCUT2D eigenvalue weighted by atomic mass is 10.1.